The highest BCUT2D eigenvalue weighted by molar-refractivity contribution is 6.00. The van der Waals surface area contributed by atoms with Crippen LogP contribution >= 0.6 is 0 Å². The molecule has 0 saturated heterocycles. The van der Waals surface area contributed by atoms with Crippen molar-refractivity contribution in [2.24, 2.45) is 0 Å². The second-order valence-electron chi connectivity index (χ2n) is 7.20. The Morgan fingerprint density at radius 3 is 2.33 bits per heavy atom. The maximum Gasteiger partial charge on any atom is 0.226 e. The summed E-state index contributed by atoms with van der Waals surface area (Å²) in [6.07, 6.45) is 1.33. The van der Waals surface area contributed by atoms with Crippen LogP contribution in [0, 0.1) is 6.92 Å². The Bertz CT molecular complexity index is 1040. The van der Waals surface area contributed by atoms with Crippen molar-refractivity contribution in [1.82, 2.24) is 14.8 Å². The Kier molecular flexibility index (Phi) is 3.67. The highest BCUT2D eigenvalue weighted by atomic mass is 16.1. The van der Waals surface area contributed by atoms with Gasteiger partial charge >= 0.3 is 0 Å². The molecule has 2 aliphatic rings. The van der Waals surface area contributed by atoms with Gasteiger partial charge in [0.1, 0.15) is 11.9 Å². The van der Waals surface area contributed by atoms with Crippen LogP contribution in [0.2, 0.25) is 0 Å². The number of carbonyl (C=O) groups excluding carboxylic acids is 1. The lowest BCUT2D eigenvalue weighted by atomic mass is 9.78. The van der Waals surface area contributed by atoms with Gasteiger partial charge in [-0.25, -0.2) is 4.68 Å². The summed E-state index contributed by atoms with van der Waals surface area (Å²) < 4.78 is 1.85. The number of aryl methyl sites for hydroxylation is 1. The molecule has 0 saturated carbocycles. The summed E-state index contributed by atoms with van der Waals surface area (Å²) in [4.78, 5) is 17.8. The largest absolute Gasteiger partial charge is 0.328 e. The molecule has 3 aromatic rings. The number of hydrogen-bond acceptors (Lipinski definition) is 4. The highest BCUT2D eigenvalue weighted by Gasteiger charge is 2.39. The molecule has 1 N–H and O–H groups in total. The molecule has 5 nitrogen and oxygen atoms in total. The number of rotatable bonds is 2. The number of Topliss-reactive ketones (excluding diaryl/α,β-unsaturated/α-hetero) is 1. The molecule has 0 unspecified atom stereocenters. The normalized spacial score (nSPS) is 21.4. The number of benzene rings is 2. The van der Waals surface area contributed by atoms with Crippen LogP contribution in [0.1, 0.15) is 41.8 Å². The fourth-order valence-electron chi connectivity index (χ4n) is 4.22. The van der Waals surface area contributed by atoms with E-state index in [2.05, 4.69) is 39.7 Å². The van der Waals surface area contributed by atoms with Crippen LogP contribution in [0.5, 0.6) is 0 Å². The molecule has 27 heavy (non-hydrogen) atoms. The lowest BCUT2D eigenvalue weighted by Crippen LogP contribution is -2.33. The molecule has 0 fully saturated rings. The van der Waals surface area contributed by atoms with E-state index < -0.39 is 0 Å². The van der Waals surface area contributed by atoms with Crippen molar-refractivity contribution in [2.45, 2.75) is 31.7 Å². The van der Waals surface area contributed by atoms with Gasteiger partial charge in [0.25, 0.3) is 0 Å². The van der Waals surface area contributed by atoms with Crippen molar-refractivity contribution < 1.29 is 4.79 Å². The first-order valence-corrected chi connectivity index (χ1v) is 9.27. The maximum absolute atomic E-state index is 13.3. The van der Waals surface area contributed by atoms with Gasteiger partial charge in [-0.05, 0) is 30.4 Å². The average Bonchev–Trinajstić information content (AvgIpc) is 3.07. The number of allylic oxidation sites excluding steroid dienone is 2. The van der Waals surface area contributed by atoms with Gasteiger partial charge in [0, 0.05) is 17.7 Å². The average molecular weight is 356 g/mol. The van der Waals surface area contributed by atoms with Crippen LogP contribution in [-0.4, -0.2) is 20.5 Å². The van der Waals surface area contributed by atoms with Crippen molar-refractivity contribution >= 4 is 11.7 Å². The zero-order valence-corrected chi connectivity index (χ0v) is 15.1. The number of carbonyl (C=O) groups is 1. The fourth-order valence-corrected chi connectivity index (χ4v) is 4.22. The standard InChI is InChI=1S/C22H20N4O/c1-14-23-22-24-18-12-17(15-8-4-2-5-9-15)13-19(27)20(18)21(26(22)25-14)16-10-6-3-7-11-16/h2-11,17,21H,12-13H2,1H3,(H,23,24,25)/t17-,21+/m0/s1. The number of ketones is 1. The van der Waals surface area contributed by atoms with Gasteiger partial charge in [-0.2, -0.15) is 10.1 Å². The fraction of sp³-hybridized carbons (Fsp3) is 0.227. The van der Waals surface area contributed by atoms with Crippen LogP contribution < -0.4 is 5.32 Å². The molecular formula is C22H20N4O. The number of fused-ring (bicyclic) bond motifs is 1. The molecule has 134 valence electrons. The Morgan fingerprint density at radius 2 is 1.63 bits per heavy atom. The van der Waals surface area contributed by atoms with Crippen LogP contribution in [0.25, 0.3) is 0 Å². The Morgan fingerprint density at radius 1 is 0.963 bits per heavy atom. The molecule has 1 aliphatic carbocycles. The van der Waals surface area contributed by atoms with E-state index in [-0.39, 0.29) is 17.7 Å². The topological polar surface area (TPSA) is 59.8 Å². The number of anilines is 1. The number of hydrogen-bond donors (Lipinski definition) is 1. The molecule has 2 heterocycles. The molecule has 0 bridgehead atoms. The summed E-state index contributed by atoms with van der Waals surface area (Å²) in [7, 11) is 0. The summed E-state index contributed by atoms with van der Waals surface area (Å²) >= 11 is 0. The lowest BCUT2D eigenvalue weighted by Gasteiger charge is -2.35. The summed E-state index contributed by atoms with van der Waals surface area (Å²) in [5, 5.41) is 7.97. The monoisotopic (exact) mass is 356 g/mol. The molecule has 0 radical (unpaired) electrons. The van der Waals surface area contributed by atoms with E-state index in [0.717, 1.165) is 23.3 Å². The van der Waals surface area contributed by atoms with Crippen molar-refractivity contribution in [3.63, 3.8) is 0 Å². The highest BCUT2D eigenvalue weighted by Crippen LogP contribution is 2.43. The van der Waals surface area contributed by atoms with Gasteiger partial charge in [-0.15, -0.1) is 0 Å². The molecule has 2 atom stereocenters. The lowest BCUT2D eigenvalue weighted by molar-refractivity contribution is -0.116. The van der Waals surface area contributed by atoms with Crippen LogP contribution in [0.4, 0.5) is 5.95 Å². The van der Waals surface area contributed by atoms with E-state index in [4.69, 9.17) is 0 Å². The third-order valence-electron chi connectivity index (χ3n) is 5.41. The predicted molar refractivity (Wildman–Crippen MR) is 103 cm³/mol. The van der Waals surface area contributed by atoms with E-state index in [1.165, 1.54) is 5.56 Å². The number of nitrogens with one attached hydrogen (secondary N) is 1. The molecule has 5 rings (SSSR count). The first-order valence-electron chi connectivity index (χ1n) is 9.27. The van der Waals surface area contributed by atoms with E-state index in [9.17, 15) is 4.79 Å². The molecule has 0 amide bonds. The molecule has 1 aliphatic heterocycles. The van der Waals surface area contributed by atoms with E-state index in [1.54, 1.807) is 0 Å². The predicted octanol–water partition coefficient (Wildman–Crippen LogP) is 4.00. The van der Waals surface area contributed by atoms with E-state index in [1.807, 2.05) is 48.0 Å². The summed E-state index contributed by atoms with van der Waals surface area (Å²) in [6.45, 7) is 1.88. The maximum atomic E-state index is 13.3. The van der Waals surface area contributed by atoms with Crippen LogP contribution in [-0.2, 0) is 4.79 Å². The van der Waals surface area contributed by atoms with Gasteiger partial charge < -0.3 is 5.32 Å². The first kappa shape index (κ1) is 16.0. The molecule has 0 spiro atoms. The quantitative estimate of drug-likeness (QED) is 0.754. The van der Waals surface area contributed by atoms with Crippen molar-refractivity contribution in [3.05, 3.63) is 88.9 Å². The van der Waals surface area contributed by atoms with Gasteiger partial charge in [0.2, 0.25) is 5.95 Å². The number of aromatic nitrogens is 3. The van der Waals surface area contributed by atoms with Crippen molar-refractivity contribution in [2.75, 3.05) is 5.32 Å². The van der Waals surface area contributed by atoms with Crippen molar-refractivity contribution in [1.29, 1.82) is 0 Å². The second-order valence-corrected chi connectivity index (χ2v) is 7.20. The smallest absolute Gasteiger partial charge is 0.226 e. The van der Waals surface area contributed by atoms with Crippen LogP contribution in [0.15, 0.2) is 71.9 Å². The minimum Gasteiger partial charge on any atom is -0.328 e. The zero-order valence-electron chi connectivity index (χ0n) is 15.1. The minimum absolute atomic E-state index is 0.185. The molecular weight excluding hydrogens is 336 g/mol. The minimum atomic E-state index is -0.220. The van der Waals surface area contributed by atoms with E-state index >= 15 is 0 Å². The van der Waals surface area contributed by atoms with Crippen molar-refractivity contribution in [3.8, 4) is 0 Å². The summed E-state index contributed by atoms with van der Waals surface area (Å²) in [6, 6.07) is 20.2. The summed E-state index contributed by atoms with van der Waals surface area (Å²) in [5.41, 5.74) is 4.07. The third-order valence-corrected chi connectivity index (χ3v) is 5.41. The Hall–Kier alpha value is -3.21. The SMILES string of the molecule is Cc1nc2n(n1)[C@H](c1ccccc1)C1=C(C[C@H](c3ccccc3)CC1=O)N2. The third kappa shape index (κ3) is 2.67. The van der Waals surface area contributed by atoms with Gasteiger partial charge in [0.05, 0.1) is 0 Å². The second kappa shape index (κ2) is 6.20. The van der Waals surface area contributed by atoms with Gasteiger partial charge in [-0.3, -0.25) is 4.79 Å². The molecule has 5 heteroatoms. The van der Waals surface area contributed by atoms with Crippen LogP contribution in [0.3, 0.4) is 0 Å². The molecule has 2 aromatic carbocycles. The van der Waals surface area contributed by atoms with E-state index in [0.29, 0.717) is 18.2 Å². The Labute approximate surface area is 157 Å². The number of nitrogens with zero attached hydrogens (tertiary/aromatic N) is 3. The van der Waals surface area contributed by atoms with Gasteiger partial charge in [0.15, 0.2) is 5.78 Å². The zero-order chi connectivity index (χ0) is 18.4. The Balaban J connectivity index is 1.62. The molecule has 1 aromatic heterocycles. The first-order chi connectivity index (χ1) is 13.2. The van der Waals surface area contributed by atoms with Gasteiger partial charge in [-0.1, -0.05) is 60.7 Å². The summed E-state index contributed by atoms with van der Waals surface area (Å²) in [5.74, 6) is 1.79.